The van der Waals surface area contributed by atoms with E-state index in [-0.39, 0.29) is 36.2 Å². The minimum atomic E-state index is -0.517. The minimum absolute atomic E-state index is 0.0400. The van der Waals surface area contributed by atoms with Crippen LogP contribution in [0.4, 0.5) is 5.69 Å². The van der Waals surface area contributed by atoms with Gasteiger partial charge in [-0.3, -0.25) is 9.69 Å². The highest BCUT2D eigenvalue weighted by molar-refractivity contribution is 6.06. The van der Waals surface area contributed by atoms with Gasteiger partial charge in [-0.05, 0) is 41.8 Å². The van der Waals surface area contributed by atoms with Crippen molar-refractivity contribution in [2.75, 3.05) is 25.7 Å². The van der Waals surface area contributed by atoms with E-state index in [0.29, 0.717) is 22.5 Å². The molecule has 0 saturated carbocycles. The summed E-state index contributed by atoms with van der Waals surface area (Å²) in [4.78, 5) is 27.4. The summed E-state index contributed by atoms with van der Waals surface area (Å²) < 4.78 is 15.8. The molecule has 2 aromatic carbocycles. The van der Waals surface area contributed by atoms with E-state index in [2.05, 4.69) is 6.92 Å². The van der Waals surface area contributed by atoms with Crippen molar-refractivity contribution in [2.24, 2.45) is 0 Å². The molecule has 0 bridgehead atoms. The fourth-order valence-electron chi connectivity index (χ4n) is 4.03. The van der Waals surface area contributed by atoms with Gasteiger partial charge >= 0.3 is 5.97 Å². The largest absolute Gasteiger partial charge is 0.502 e. The Balaban J connectivity index is 1.82. The number of rotatable bonds is 5. The first kappa shape index (κ1) is 19.8. The number of ether oxygens (including phenoxy) is 3. The number of phenolic OH excluding ortho intramolecular Hbond substituents is 1. The lowest BCUT2D eigenvalue weighted by Crippen LogP contribution is -2.37. The predicted octanol–water partition coefficient (Wildman–Crippen LogP) is 3.30. The topological polar surface area (TPSA) is 85.3 Å². The summed E-state index contributed by atoms with van der Waals surface area (Å²) in [6, 6.07) is 11.0. The van der Waals surface area contributed by atoms with Crippen LogP contribution >= 0.6 is 0 Å². The molecule has 7 nitrogen and oxygen atoms in total. The molecular weight excluding hydrogens is 386 g/mol. The van der Waals surface area contributed by atoms with Crippen molar-refractivity contribution in [3.05, 3.63) is 58.8 Å². The number of methoxy groups -OCH3 is 2. The number of carbonyl (C=O) groups is 2. The molecule has 0 spiro atoms. The third-order valence-corrected chi connectivity index (χ3v) is 5.62. The molecule has 1 atom stereocenters. The van der Waals surface area contributed by atoms with Gasteiger partial charge in [0.15, 0.2) is 11.5 Å². The molecule has 0 unspecified atom stereocenters. The van der Waals surface area contributed by atoms with Gasteiger partial charge in [0, 0.05) is 18.0 Å². The van der Waals surface area contributed by atoms with Crippen LogP contribution in [0.2, 0.25) is 0 Å². The highest BCUT2D eigenvalue weighted by atomic mass is 16.5. The van der Waals surface area contributed by atoms with Gasteiger partial charge in [0.05, 0.1) is 25.5 Å². The molecule has 0 aliphatic carbocycles. The quantitative estimate of drug-likeness (QED) is 0.763. The van der Waals surface area contributed by atoms with Crippen LogP contribution in [0.3, 0.4) is 0 Å². The standard InChI is InChI=1S/C23H23NO6/c1-4-13-5-7-15(8-6-13)24-17-12-30-23(27)21(17)16(11-20(24)25)14-9-18(28-2)22(26)19(10-14)29-3/h5-10,16,26H,4,11-12H2,1-3H3/t16-/m0/s1. The van der Waals surface area contributed by atoms with Crippen molar-refractivity contribution in [1.82, 2.24) is 0 Å². The van der Waals surface area contributed by atoms with Gasteiger partial charge < -0.3 is 19.3 Å². The first-order valence-electron chi connectivity index (χ1n) is 9.75. The van der Waals surface area contributed by atoms with Crippen molar-refractivity contribution in [3.8, 4) is 17.2 Å². The molecule has 156 valence electrons. The lowest BCUT2D eigenvalue weighted by molar-refractivity contribution is -0.136. The number of carbonyl (C=O) groups excluding carboxylic acids is 2. The number of hydrogen-bond acceptors (Lipinski definition) is 6. The minimum Gasteiger partial charge on any atom is -0.502 e. The number of phenols is 1. The fraction of sp³-hybridized carbons (Fsp3) is 0.304. The highest BCUT2D eigenvalue weighted by Crippen LogP contribution is 2.46. The van der Waals surface area contributed by atoms with Crippen LogP contribution < -0.4 is 14.4 Å². The Morgan fingerprint density at radius 1 is 1.10 bits per heavy atom. The summed E-state index contributed by atoms with van der Waals surface area (Å²) in [5.41, 5.74) is 3.52. The van der Waals surface area contributed by atoms with E-state index in [1.807, 2.05) is 24.3 Å². The zero-order valence-electron chi connectivity index (χ0n) is 17.1. The molecule has 4 rings (SSSR count). The van der Waals surface area contributed by atoms with Crippen molar-refractivity contribution >= 4 is 17.6 Å². The van der Waals surface area contributed by atoms with Gasteiger partial charge in [0.25, 0.3) is 0 Å². The molecular formula is C23H23NO6. The molecule has 30 heavy (non-hydrogen) atoms. The van der Waals surface area contributed by atoms with Gasteiger partial charge in [-0.2, -0.15) is 0 Å². The van der Waals surface area contributed by atoms with Crippen LogP contribution in [0.25, 0.3) is 0 Å². The molecule has 2 aromatic rings. The summed E-state index contributed by atoms with van der Waals surface area (Å²) in [5, 5.41) is 10.2. The monoisotopic (exact) mass is 409 g/mol. The number of esters is 1. The third kappa shape index (κ3) is 3.16. The Hall–Kier alpha value is -3.48. The Morgan fingerprint density at radius 2 is 1.73 bits per heavy atom. The van der Waals surface area contributed by atoms with E-state index in [4.69, 9.17) is 14.2 Å². The predicted molar refractivity (Wildman–Crippen MR) is 110 cm³/mol. The van der Waals surface area contributed by atoms with Crippen LogP contribution in [0.5, 0.6) is 17.2 Å². The molecule has 7 heteroatoms. The van der Waals surface area contributed by atoms with E-state index in [0.717, 1.165) is 12.0 Å². The number of hydrogen-bond donors (Lipinski definition) is 1. The first-order valence-corrected chi connectivity index (χ1v) is 9.75. The van der Waals surface area contributed by atoms with E-state index < -0.39 is 11.9 Å². The first-order chi connectivity index (χ1) is 14.5. The summed E-state index contributed by atoms with van der Waals surface area (Å²) in [7, 11) is 2.86. The van der Waals surface area contributed by atoms with Crippen molar-refractivity contribution < 1.29 is 28.9 Å². The van der Waals surface area contributed by atoms with E-state index >= 15 is 0 Å². The zero-order valence-corrected chi connectivity index (χ0v) is 17.1. The Labute approximate surface area is 174 Å². The molecule has 1 N–H and O–H groups in total. The smallest absolute Gasteiger partial charge is 0.336 e. The van der Waals surface area contributed by atoms with Crippen LogP contribution in [0, 0.1) is 0 Å². The molecule has 0 saturated heterocycles. The Morgan fingerprint density at radius 3 is 2.30 bits per heavy atom. The van der Waals surface area contributed by atoms with Gasteiger partial charge in [-0.15, -0.1) is 0 Å². The highest BCUT2D eigenvalue weighted by Gasteiger charge is 2.43. The Kier molecular flexibility index (Phi) is 5.11. The normalized spacial score (nSPS) is 18.4. The van der Waals surface area contributed by atoms with Crippen molar-refractivity contribution in [2.45, 2.75) is 25.7 Å². The van der Waals surface area contributed by atoms with E-state index in [1.54, 1.807) is 17.0 Å². The maximum atomic E-state index is 13.2. The number of nitrogens with zero attached hydrogens (tertiary/aromatic N) is 1. The average molecular weight is 409 g/mol. The molecule has 2 aliphatic rings. The molecule has 0 radical (unpaired) electrons. The molecule has 0 fully saturated rings. The SMILES string of the molecule is CCc1ccc(N2C(=O)C[C@@H](c3cc(OC)c(O)c(OC)c3)C3=C2COC3=O)cc1. The summed E-state index contributed by atoms with van der Waals surface area (Å²) >= 11 is 0. The van der Waals surface area contributed by atoms with Gasteiger partial charge in [0.2, 0.25) is 11.7 Å². The lowest BCUT2D eigenvalue weighted by Gasteiger charge is -2.32. The average Bonchev–Trinajstić information content (AvgIpc) is 3.15. The van der Waals surface area contributed by atoms with E-state index in [1.165, 1.54) is 14.2 Å². The lowest BCUT2D eigenvalue weighted by atomic mass is 9.83. The van der Waals surface area contributed by atoms with Crippen LogP contribution in [0.15, 0.2) is 47.7 Å². The molecule has 2 heterocycles. The number of benzene rings is 2. The van der Waals surface area contributed by atoms with Crippen LogP contribution in [0.1, 0.15) is 30.4 Å². The second kappa shape index (κ2) is 7.74. The summed E-state index contributed by atoms with van der Waals surface area (Å²) in [6.07, 6.45) is 0.983. The number of aromatic hydroxyl groups is 1. The molecule has 0 aromatic heterocycles. The van der Waals surface area contributed by atoms with Crippen LogP contribution in [-0.2, 0) is 20.7 Å². The van der Waals surface area contributed by atoms with Gasteiger partial charge in [-0.25, -0.2) is 4.79 Å². The zero-order chi connectivity index (χ0) is 21.4. The number of anilines is 1. The second-order valence-corrected chi connectivity index (χ2v) is 7.22. The van der Waals surface area contributed by atoms with E-state index in [9.17, 15) is 14.7 Å². The summed E-state index contributed by atoms with van der Waals surface area (Å²) in [6.45, 7) is 2.11. The fourth-order valence-corrected chi connectivity index (χ4v) is 4.03. The maximum absolute atomic E-state index is 13.2. The van der Waals surface area contributed by atoms with Crippen molar-refractivity contribution in [3.63, 3.8) is 0 Å². The molecule has 2 aliphatic heterocycles. The number of aryl methyl sites for hydroxylation is 1. The van der Waals surface area contributed by atoms with Gasteiger partial charge in [-0.1, -0.05) is 19.1 Å². The molecule has 1 amide bonds. The van der Waals surface area contributed by atoms with Crippen molar-refractivity contribution in [1.29, 1.82) is 0 Å². The third-order valence-electron chi connectivity index (χ3n) is 5.62. The summed E-state index contributed by atoms with van der Waals surface area (Å²) in [5.74, 6) is -0.800. The number of cyclic esters (lactones) is 1. The van der Waals surface area contributed by atoms with Crippen LogP contribution in [-0.4, -0.2) is 37.8 Å². The second-order valence-electron chi connectivity index (χ2n) is 7.22. The number of amides is 1. The Bertz CT molecular complexity index is 1020. The maximum Gasteiger partial charge on any atom is 0.336 e. The van der Waals surface area contributed by atoms with Gasteiger partial charge in [0.1, 0.15) is 6.61 Å².